The predicted molar refractivity (Wildman–Crippen MR) is 116 cm³/mol. The summed E-state index contributed by atoms with van der Waals surface area (Å²) in [6, 6.07) is 7.86. The second-order valence-electron chi connectivity index (χ2n) is 7.99. The van der Waals surface area contributed by atoms with Crippen molar-refractivity contribution in [2.24, 2.45) is 10.9 Å². The first kappa shape index (κ1) is 21.9. The summed E-state index contributed by atoms with van der Waals surface area (Å²) in [7, 11) is 0. The number of aliphatic imine (C=N–C) groups is 1. The minimum atomic E-state index is -0.629. The standard InChI is InChI=1S/C22H36N4O3/c1-3-23-22(24-14-20(27)17-29-21-6-4-5-18(2)13-21)26-8-7-19(16-26)15-25-9-11-28-12-10-25/h4-6,13,19-20,27H,3,7-12,14-17H2,1-2H3,(H,23,24). The highest BCUT2D eigenvalue weighted by atomic mass is 16.5. The van der Waals surface area contributed by atoms with Crippen molar-refractivity contribution < 1.29 is 14.6 Å². The van der Waals surface area contributed by atoms with E-state index >= 15 is 0 Å². The molecule has 0 bridgehead atoms. The molecule has 2 aliphatic rings. The van der Waals surface area contributed by atoms with Gasteiger partial charge in [0.1, 0.15) is 18.5 Å². The van der Waals surface area contributed by atoms with E-state index in [0.29, 0.717) is 12.5 Å². The minimum Gasteiger partial charge on any atom is -0.491 e. The van der Waals surface area contributed by atoms with Gasteiger partial charge in [-0.2, -0.15) is 0 Å². The van der Waals surface area contributed by atoms with Gasteiger partial charge in [-0.25, -0.2) is 0 Å². The molecule has 162 valence electrons. The van der Waals surface area contributed by atoms with Gasteiger partial charge in [-0.1, -0.05) is 12.1 Å². The van der Waals surface area contributed by atoms with Crippen LogP contribution in [0, 0.1) is 12.8 Å². The van der Waals surface area contributed by atoms with Crippen LogP contribution in [0.3, 0.4) is 0 Å². The van der Waals surface area contributed by atoms with Crippen LogP contribution in [0.15, 0.2) is 29.3 Å². The van der Waals surface area contributed by atoms with Crippen LogP contribution in [0.1, 0.15) is 18.9 Å². The van der Waals surface area contributed by atoms with Crippen LogP contribution in [0.4, 0.5) is 0 Å². The molecule has 0 aromatic heterocycles. The molecule has 2 atom stereocenters. The quantitative estimate of drug-likeness (QED) is 0.504. The highest BCUT2D eigenvalue weighted by Gasteiger charge is 2.27. The maximum Gasteiger partial charge on any atom is 0.194 e. The Kier molecular flexibility index (Phi) is 8.58. The fraction of sp³-hybridized carbons (Fsp3) is 0.682. The molecule has 0 saturated carbocycles. The zero-order chi connectivity index (χ0) is 20.5. The number of rotatable bonds is 8. The lowest BCUT2D eigenvalue weighted by Gasteiger charge is -2.29. The van der Waals surface area contributed by atoms with Crippen LogP contribution >= 0.6 is 0 Å². The fourth-order valence-corrected chi connectivity index (χ4v) is 3.89. The van der Waals surface area contributed by atoms with Gasteiger partial charge in [-0.15, -0.1) is 0 Å². The average molecular weight is 405 g/mol. The molecule has 2 saturated heterocycles. The molecule has 2 aliphatic heterocycles. The number of benzene rings is 1. The number of ether oxygens (including phenoxy) is 2. The number of aliphatic hydroxyl groups is 1. The predicted octanol–water partition coefficient (Wildman–Crippen LogP) is 1.35. The summed E-state index contributed by atoms with van der Waals surface area (Å²) in [6.45, 7) is 12.4. The Hall–Kier alpha value is -1.83. The van der Waals surface area contributed by atoms with E-state index < -0.39 is 6.10 Å². The lowest BCUT2D eigenvalue weighted by Crippen LogP contribution is -2.42. The third kappa shape index (κ3) is 7.17. The van der Waals surface area contributed by atoms with Crippen molar-refractivity contribution in [2.45, 2.75) is 26.4 Å². The summed E-state index contributed by atoms with van der Waals surface area (Å²) < 4.78 is 11.1. The molecular formula is C22H36N4O3. The van der Waals surface area contributed by atoms with Crippen molar-refractivity contribution in [3.63, 3.8) is 0 Å². The minimum absolute atomic E-state index is 0.242. The smallest absolute Gasteiger partial charge is 0.194 e. The van der Waals surface area contributed by atoms with Gasteiger partial charge in [0.25, 0.3) is 0 Å². The molecule has 29 heavy (non-hydrogen) atoms. The average Bonchev–Trinajstić information content (AvgIpc) is 3.18. The number of hydrogen-bond donors (Lipinski definition) is 2. The number of likely N-dealkylation sites (tertiary alicyclic amines) is 1. The number of aliphatic hydroxyl groups excluding tert-OH is 1. The van der Waals surface area contributed by atoms with Crippen LogP contribution in [0.5, 0.6) is 5.75 Å². The largest absolute Gasteiger partial charge is 0.491 e. The van der Waals surface area contributed by atoms with Gasteiger partial charge in [-0.3, -0.25) is 9.89 Å². The molecular weight excluding hydrogens is 368 g/mol. The molecule has 0 spiro atoms. The number of nitrogens with zero attached hydrogens (tertiary/aromatic N) is 3. The fourth-order valence-electron chi connectivity index (χ4n) is 3.89. The van der Waals surface area contributed by atoms with Crippen molar-refractivity contribution in [1.82, 2.24) is 15.1 Å². The summed E-state index contributed by atoms with van der Waals surface area (Å²) in [5, 5.41) is 13.7. The lowest BCUT2D eigenvalue weighted by atomic mass is 10.1. The van der Waals surface area contributed by atoms with Gasteiger partial charge in [-0.05, 0) is 43.9 Å². The van der Waals surface area contributed by atoms with E-state index in [2.05, 4.69) is 27.0 Å². The zero-order valence-electron chi connectivity index (χ0n) is 17.8. The summed E-state index contributed by atoms with van der Waals surface area (Å²) in [4.78, 5) is 9.50. The Balaban J connectivity index is 1.46. The second-order valence-corrected chi connectivity index (χ2v) is 7.99. The maximum absolute atomic E-state index is 10.3. The van der Waals surface area contributed by atoms with E-state index in [1.54, 1.807) is 0 Å². The molecule has 7 heteroatoms. The second kappa shape index (κ2) is 11.4. The molecule has 2 unspecified atom stereocenters. The van der Waals surface area contributed by atoms with Crippen LogP contribution in [-0.2, 0) is 4.74 Å². The van der Waals surface area contributed by atoms with Crippen molar-refractivity contribution >= 4 is 5.96 Å². The Morgan fingerprint density at radius 1 is 1.34 bits per heavy atom. The number of nitrogens with one attached hydrogen (secondary N) is 1. The normalized spacial score (nSPS) is 22.0. The summed E-state index contributed by atoms with van der Waals surface area (Å²) in [6.07, 6.45) is 0.553. The van der Waals surface area contributed by atoms with Gasteiger partial charge in [0.2, 0.25) is 0 Å². The molecule has 0 radical (unpaired) electrons. The van der Waals surface area contributed by atoms with Crippen LogP contribution in [-0.4, -0.2) is 92.6 Å². The van der Waals surface area contributed by atoms with E-state index in [1.165, 1.54) is 6.42 Å². The molecule has 2 heterocycles. The van der Waals surface area contributed by atoms with Crippen molar-refractivity contribution in [3.05, 3.63) is 29.8 Å². The molecule has 3 rings (SSSR count). The highest BCUT2D eigenvalue weighted by molar-refractivity contribution is 5.80. The van der Waals surface area contributed by atoms with E-state index in [9.17, 15) is 5.11 Å². The van der Waals surface area contributed by atoms with Gasteiger partial charge >= 0.3 is 0 Å². The molecule has 0 amide bonds. The molecule has 7 nitrogen and oxygen atoms in total. The van der Waals surface area contributed by atoms with Crippen LogP contribution in [0.2, 0.25) is 0 Å². The summed E-state index contributed by atoms with van der Waals surface area (Å²) >= 11 is 0. The summed E-state index contributed by atoms with van der Waals surface area (Å²) in [5.74, 6) is 2.34. The molecule has 2 fully saturated rings. The van der Waals surface area contributed by atoms with Gasteiger partial charge < -0.3 is 24.8 Å². The number of guanidine groups is 1. The third-order valence-electron chi connectivity index (χ3n) is 5.42. The first-order chi connectivity index (χ1) is 14.1. The Morgan fingerprint density at radius 3 is 2.93 bits per heavy atom. The third-order valence-corrected chi connectivity index (χ3v) is 5.42. The van der Waals surface area contributed by atoms with Crippen LogP contribution in [0.25, 0.3) is 0 Å². The first-order valence-electron chi connectivity index (χ1n) is 10.8. The monoisotopic (exact) mass is 404 g/mol. The van der Waals surface area contributed by atoms with Crippen molar-refractivity contribution in [1.29, 1.82) is 0 Å². The molecule has 1 aromatic carbocycles. The molecule has 1 aromatic rings. The maximum atomic E-state index is 10.3. The SMILES string of the molecule is CCNC(=NCC(O)COc1cccc(C)c1)N1CCC(CN2CCOCC2)C1. The number of aryl methyl sites for hydroxylation is 1. The number of morpholine rings is 1. The van der Waals surface area contributed by atoms with E-state index in [-0.39, 0.29) is 6.61 Å². The topological polar surface area (TPSA) is 69.6 Å². The summed E-state index contributed by atoms with van der Waals surface area (Å²) in [5.41, 5.74) is 1.14. The van der Waals surface area contributed by atoms with E-state index in [1.807, 2.05) is 31.2 Å². The highest BCUT2D eigenvalue weighted by Crippen LogP contribution is 2.18. The van der Waals surface area contributed by atoms with E-state index in [0.717, 1.165) is 69.8 Å². The Morgan fingerprint density at radius 2 is 2.17 bits per heavy atom. The van der Waals surface area contributed by atoms with Gasteiger partial charge in [0, 0.05) is 39.3 Å². The van der Waals surface area contributed by atoms with Crippen LogP contribution < -0.4 is 10.1 Å². The van der Waals surface area contributed by atoms with Gasteiger partial charge in [0.05, 0.1) is 19.8 Å². The molecule has 0 aliphatic carbocycles. The Labute approximate surface area is 174 Å². The molecule has 2 N–H and O–H groups in total. The first-order valence-corrected chi connectivity index (χ1v) is 10.8. The Bertz CT molecular complexity index is 649. The van der Waals surface area contributed by atoms with Gasteiger partial charge in [0.15, 0.2) is 5.96 Å². The number of hydrogen-bond acceptors (Lipinski definition) is 5. The zero-order valence-corrected chi connectivity index (χ0v) is 17.8. The van der Waals surface area contributed by atoms with Crippen molar-refractivity contribution in [2.75, 3.05) is 65.6 Å². The van der Waals surface area contributed by atoms with Crippen molar-refractivity contribution in [3.8, 4) is 5.75 Å². The lowest BCUT2D eigenvalue weighted by molar-refractivity contribution is 0.0315. The van der Waals surface area contributed by atoms with E-state index in [4.69, 9.17) is 9.47 Å².